The molecule has 152 valence electrons. The Kier molecular flexibility index (Phi) is 9.35. The number of hydrogen-bond acceptors (Lipinski definition) is 5. The lowest BCUT2D eigenvalue weighted by Crippen LogP contribution is -2.49. The summed E-state index contributed by atoms with van der Waals surface area (Å²) < 4.78 is 11.7. The first kappa shape index (κ1) is 24.9. The molecule has 0 spiro atoms. The molecule has 0 radical (unpaired) electrons. The van der Waals surface area contributed by atoms with E-state index in [-0.39, 0.29) is 22.8 Å². The third-order valence-corrected chi connectivity index (χ3v) is 5.23. The Morgan fingerprint density at radius 3 is 1.81 bits per heavy atom. The third kappa shape index (κ3) is 6.92. The Balaban J connectivity index is 4.83. The first-order chi connectivity index (χ1) is 11.7. The van der Waals surface area contributed by atoms with Crippen molar-refractivity contribution in [2.24, 2.45) is 5.41 Å². The molecular weight excluding hydrogens is 332 g/mol. The van der Waals surface area contributed by atoms with Gasteiger partial charge in [-0.25, -0.2) is 0 Å². The van der Waals surface area contributed by atoms with Crippen LogP contribution >= 0.6 is 0 Å². The van der Waals surface area contributed by atoms with Gasteiger partial charge in [0.15, 0.2) is 11.6 Å². The quantitative estimate of drug-likeness (QED) is 0.479. The van der Waals surface area contributed by atoms with Gasteiger partial charge >= 0.3 is 0 Å². The maximum atomic E-state index is 12.9. The number of carbonyl (C=O) groups is 3. The van der Waals surface area contributed by atoms with Gasteiger partial charge in [-0.3, -0.25) is 14.4 Å². The maximum Gasteiger partial charge on any atom is 0.192 e. The minimum absolute atomic E-state index is 0.0977. The molecule has 0 aromatic carbocycles. The van der Waals surface area contributed by atoms with Gasteiger partial charge in [-0.1, -0.05) is 34.6 Å². The highest BCUT2D eigenvalue weighted by Crippen LogP contribution is 2.25. The van der Waals surface area contributed by atoms with Gasteiger partial charge in [-0.2, -0.15) is 0 Å². The standard InChI is InChI=1S/C21H38O5/c1-10-20(8,16(4)22)26-15(3)18(24)21(9,11-2)25-14-12-13-17(23)19(5,6)7/h15H,10-14H2,1-9H3. The predicted octanol–water partition coefficient (Wildman–Crippen LogP) is 4.30. The molecule has 5 heteroatoms. The molecule has 0 aliphatic rings. The minimum atomic E-state index is -0.990. The predicted molar refractivity (Wildman–Crippen MR) is 103 cm³/mol. The van der Waals surface area contributed by atoms with Crippen molar-refractivity contribution in [3.63, 3.8) is 0 Å². The van der Waals surface area contributed by atoms with Gasteiger partial charge in [0.1, 0.15) is 23.1 Å². The first-order valence-electron chi connectivity index (χ1n) is 9.64. The smallest absolute Gasteiger partial charge is 0.192 e. The van der Waals surface area contributed by atoms with E-state index in [2.05, 4.69) is 0 Å². The van der Waals surface area contributed by atoms with E-state index < -0.39 is 17.3 Å². The molecule has 0 N–H and O–H groups in total. The van der Waals surface area contributed by atoms with Gasteiger partial charge < -0.3 is 9.47 Å². The van der Waals surface area contributed by atoms with E-state index in [9.17, 15) is 14.4 Å². The first-order valence-corrected chi connectivity index (χ1v) is 9.64. The van der Waals surface area contributed by atoms with E-state index in [0.717, 1.165) is 0 Å². The fourth-order valence-corrected chi connectivity index (χ4v) is 2.54. The molecule has 3 unspecified atom stereocenters. The summed E-state index contributed by atoms with van der Waals surface area (Å²) in [4.78, 5) is 36.7. The highest BCUT2D eigenvalue weighted by Gasteiger charge is 2.40. The normalized spacial score (nSPS) is 17.9. The van der Waals surface area contributed by atoms with Crippen LogP contribution in [-0.4, -0.2) is 41.3 Å². The van der Waals surface area contributed by atoms with Gasteiger partial charge in [0.2, 0.25) is 0 Å². The van der Waals surface area contributed by atoms with Crippen molar-refractivity contribution in [1.29, 1.82) is 0 Å². The second-order valence-electron chi connectivity index (χ2n) is 8.47. The molecule has 0 bridgehead atoms. The van der Waals surface area contributed by atoms with Crippen molar-refractivity contribution >= 4 is 17.3 Å². The largest absolute Gasteiger partial charge is 0.367 e. The molecule has 0 fully saturated rings. The average Bonchev–Trinajstić information content (AvgIpc) is 2.56. The zero-order valence-corrected chi connectivity index (χ0v) is 18.2. The Hall–Kier alpha value is -1.07. The molecule has 0 aliphatic heterocycles. The van der Waals surface area contributed by atoms with Crippen LogP contribution in [-0.2, 0) is 23.9 Å². The monoisotopic (exact) mass is 370 g/mol. The second-order valence-corrected chi connectivity index (χ2v) is 8.47. The molecule has 3 atom stereocenters. The molecular formula is C21H38O5. The number of hydrogen-bond donors (Lipinski definition) is 0. The van der Waals surface area contributed by atoms with E-state index in [0.29, 0.717) is 32.3 Å². The number of carbonyl (C=O) groups excluding carboxylic acids is 3. The lowest BCUT2D eigenvalue weighted by atomic mass is 9.88. The summed E-state index contributed by atoms with van der Waals surface area (Å²) in [7, 11) is 0. The summed E-state index contributed by atoms with van der Waals surface area (Å²) in [5, 5.41) is 0. The van der Waals surface area contributed by atoms with Gasteiger partial charge in [0.25, 0.3) is 0 Å². The molecule has 5 nitrogen and oxygen atoms in total. The van der Waals surface area contributed by atoms with E-state index in [1.54, 1.807) is 20.8 Å². The van der Waals surface area contributed by atoms with E-state index >= 15 is 0 Å². The van der Waals surface area contributed by atoms with Crippen LogP contribution in [0.3, 0.4) is 0 Å². The van der Waals surface area contributed by atoms with E-state index in [1.807, 2.05) is 34.6 Å². The van der Waals surface area contributed by atoms with Crippen molar-refractivity contribution in [2.45, 2.75) is 105 Å². The maximum absolute atomic E-state index is 12.9. The van der Waals surface area contributed by atoms with Crippen LogP contribution < -0.4 is 0 Å². The molecule has 0 heterocycles. The molecule has 0 aromatic rings. The summed E-state index contributed by atoms with van der Waals surface area (Å²) >= 11 is 0. The summed E-state index contributed by atoms with van der Waals surface area (Å²) in [6.45, 7) is 16.4. The number of ether oxygens (including phenoxy) is 2. The molecule has 0 rings (SSSR count). The van der Waals surface area contributed by atoms with Crippen LogP contribution in [0.4, 0.5) is 0 Å². The van der Waals surface area contributed by atoms with E-state index in [4.69, 9.17) is 9.47 Å². The van der Waals surface area contributed by atoms with Crippen LogP contribution in [0.5, 0.6) is 0 Å². The highest BCUT2D eigenvalue weighted by molar-refractivity contribution is 5.91. The van der Waals surface area contributed by atoms with Crippen LogP contribution in [0.1, 0.15) is 88.0 Å². The number of ketones is 3. The lowest BCUT2D eigenvalue weighted by molar-refractivity contribution is -0.169. The van der Waals surface area contributed by atoms with Crippen molar-refractivity contribution in [3.05, 3.63) is 0 Å². The Morgan fingerprint density at radius 2 is 1.42 bits per heavy atom. The van der Waals surface area contributed by atoms with Gasteiger partial charge in [0, 0.05) is 18.4 Å². The van der Waals surface area contributed by atoms with Crippen LogP contribution in [0.25, 0.3) is 0 Å². The van der Waals surface area contributed by atoms with Gasteiger partial charge in [-0.15, -0.1) is 0 Å². The Labute approximate surface area is 159 Å². The molecule has 0 aliphatic carbocycles. The molecule has 0 aromatic heterocycles. The molecule has 0 saturated heterocycles. The lowest BCUT2D eigenvalue weighted by Gasteiger charge is -2.34. The van der Waals surface area contributed by atoms with Gasteiger partial charge in [-0.05, 0) is 47.0 Å². The Bertz CT molecular complexity index is 505. The summed E-state index contributed by atoms with van der Waals surface area (Å²) in [6, 6.07) is 0. The third-order valence-electron chi connectivity index (χ3n) is 5.23. The van der Waals surface area contributed by atoms with Crippen molar-refractivity contribution in [2.75, 3.05) is 6.61 Å². The van der Waals surface area contributed by atoms with Crippen LogP contribution in [0.15, 0.2) is 0 Å². The van der Waals surface area contributed by atoms with Crippen LogP contribution in [0.2, 0.25) is 0 Å². The van der Waals surface area contributed by atoms with E-state index in [1.165, 1.54) is 6.92 Å². The molecule has 0 amide bonds. The van der Waals surface area contributed by atoms with Crippen molar-refractivity contribution in [3.8, 4) is 0 Å². The SMILES string of the molecule is CCC(C)(OC(C)C(=O)C(C)(CC)OCCCC(=O)C(C)(C)C)C(C)=O. The summed E-state index contributed by atoms with van der Waals surface area (Å²) in [5.74, 6) is -0.0926. The zero-order chi connectivity index (χ0) is 20.8. The zero-order valence-electron chi connectivity index (χ0n) is 18.2. The van der Waals surface area contributed by atoms with Crippen LogP contribution in [0, 0.1) is 5.41 Å². The minimum Gasteiger partial charge on any atom is -0.367 e. The fraction of sp³-hybridized carbons (Fsp3) is 0.857. The average molecular weight is 371 g/mol. The highest BCUT2D eigenvalue weighted by atomic mass is 16.5. The van der Waals surface area contributed by atoms with Crippen molar-refractivity contribution < 1.29 is 23.9 Å². The second kappa shape index (κ2) is 9.75. The number of rotatable bonds is 12. The van der Waals surface area contributed by atoms with Gasteiger partial charge in [0.05, 0.1) is 0 Å². The van der Waals surface area contributed by atoms with Crippen molar-refractivity contribution in [1.82, 2.24) is 0 Å². The molecule has 26 heavy (non-hydrogen) atoms. The topological polar surface area (TPSA) is 69.7 Å². The fourth-order valence-electron chi connectivity index (χ4n) is 2.54. The number of Topliss-reactive ketones (excluding diaryl/α,β-unsaturated/α-hetero) is 3. The summed E-state index contributed by atoms with van der Waals surface area (Å²) in [5.41, 5.74) is -2.32. The molecule has 0 saturated carbocycles. The Morgan fingerprint density at radius 1 is 0.923 bits per heavy atom. The summed E-state index contributed by atoms with van der Waals surface area (Å²) in [6.07, 6.45) is 1.26.